The normalized spacial score (nSPS) is 13.3. The molecule has 1 aromatic carbocycles. The van der Waals surface area contributed by atoms with Crippen molar-refractivity contribution in [2.45, 2.75) is 52.1 Å². The van der Waals surface area contributed by atoms with Crippen LogP contribution in [0.2, 0.25) is 0 Å². The number of nitrogens with zero attached hydrogens (tertiary/aromatic N) is 2. The fraction of sp³-hybridized carbons (Fsp3) is 0.500. The molecule has 1 atom stereocenters. The molecule has 0 radical (unpaired) electrons. The molecule has 1 unspecified atom stereocenters. The van der Waals surface area contributed by atoms with E-state index in [9.17, 15) is 0 Å². The summed E-state index contributed by atoms with van der Waals surface area (Å²) in [5, 5.41) is 0. The average molecular weight is 302 g/mol. The first-order valence-corrected chi connectivity index (χ1v) is 8.66. The third-order valence-electron chi connectivity index (χ3n) is 4.00. The Morgan fingerprint density at radius 1 is 1.05 bits per heavy atom. The molecule has 0 N–H and O–H groups in total. The molecule has 2 rings (SSSR count). The first-order chi connectivity index (χ1) is 10.1. The summed E-state index contributed by atoms with van der Waals surface area (Å²) >= 11 is 1.76. The highest BCUT2D eigenvalue weighted by molar-refractivity contribution is 7.09. The summed E-state index contributed by atoms with van der Waals surface area (Å²) in [5.74, 6) is 0.457. The van der Waals surface area contributed by atoms with Crippen molar-refractivity contribution in [1.82, 2.24) is 9.88 Å². The number of hydrogen-bond acceptors (Lipinski definition) is 3. The Morgan fingerprint density at radius 2 is 1.71 bits per heavy atom. The molecule has 0 aliphatic carbocycles. The van der Waals surface area contributed by atoms with Crippen LogP contribution in [0.1, 0.15) is 50.5 Å². The Morgan fingerprint density at radius 3 is 2.24 bits per heavy atom. The van der Waals surface area contributed by atoms with Gasteiger partial charge < -0.3 is 0 Å². The molecule has 21 heavy (non-hydrogen) atoms. The predicted octanol–water partition coefficient (Wildman–Crippen LogP) is 4.78. The van der Waals surface area contributed by atoms with Crippen LogP contribution in [0.25, 0.3) is 0 Å². The van der Waals surface area contributed by atoms with Crippen LogP contribution >= 0.6 is 11.3 Å². The molecule has 0 aliphatic heterocycles. The SMILES string of the molecule is CC(C)N(CCC(c1ccccc1)c1cncs1)C(C)C. The third-order valence-corrected chi connectivity index (χ3v) is 4.89. The van der Waals surface area contributed by atoms with E-state index in [4.69, 9.17) is 0 Å². The summed E-state index contributed by atoms with van der Waals surface area (Å²) in [6.45, 7) is 10.2. The summed E-state index contributed by atoms with van der Waals surface area (Å²) in [5.41, 5.74) is 3.34. The van der Waals surface area contributed by atoms with Gasteiger partial charge in [0.05, 0.1) is 5.51 Å². The van der Waals surface area contributed by atoms with E-state index >= 15 is 0 Å². The molecule has 0 amide bonds. The van der Waals surface area contributed by atoms with Gasteiger partial charge in [0.25, 0.3) is 0 Å². The number of thiazole rings is 1. The molecule has 3 heteroatoms. The van der Waals surface area contributed by atoms with Gasteiger partial charge in [-0.3, -0.25) is 9.88 Å². The Balaban J connectivity index is 2.14. The van der Waals surface area contributed by atoms with Gasteiger partial charge in [0.1, 0.15) is 0 Å². The molecule has 1 heterocycles. The van der Waals surface area contributed by atoms with Crippen molar-refractivity contribution in [2.75, 3.05) is 6.54 Å². The average Bonchev–Trinajstić information content (AvgIpc) is 2.97. The maximum Gasteiger partial charge on any atom is 0.0794 e. The zero-order chi connectivity index (χ0) is 15.2. The Kier molecular flexibility index (Phi) is 5.95. The summed E-state index contributed by atoms with van der Waals surface area (Å²) in [6.07, 6.45) is 3.17. The lowest BCUT2D eigenvalue weighted by molar-refractivity contribution is 0.171. The van der Waals surface area contributed by atoms with Crippen molar-refractivity contribution in [3.05, 3.63) is 52.5 Å². The summed E-state index contributed by atoms with van der Waals surface area (Å²) in [7, 11) is 0. The largest absolute Gasteiger partial charge is 0.299 e. The van der Waals surface area contributed by atoms with Crippen molar-refractivity contribution < 1.29 is 0 Å². The Labute approximate surface area is 132 Å². The van der Waals surface area contributed by atoms with Crippen LogP contribution in [0.15, 0.2) is 42.0 Å². The highest BCUT2D eigenvalue weighted by Gasteiger charge is 2.19. The molecule has 0 saturated heterocycles. The van der Waals surface area contributed by atoms with E-state index < -0.39 is 0 Å². The van der Waals surface area contributed by atoms with Crippen LogP contribution in [-0.2, 0) is 0 Å². The summed E-state index contributed by atoms with van der Waals surface area (Å²) < 4.78 is 0. The fourth-order valence-electron chi connectivity index (χ4n) is 2.95. The lowest BCUT2D eigenvalue weighted by Gasteiger charge is -2.32. The molecule has 2 aromatic rings. The van der Waals surface area contributed by atoms with Crippen molar-refractivity contribution in [3.63, 3.8) is 0 Å². The quantitative estimate of drug-likeness (QED) is 0.731. The lowest BCUT2D eigenvalue weighted by Crippen LogP contribution is -2.38. The van der Waals surface area contributed by atoms with E-state index in [0.717, 1.165) is 13.0 Å². The van der Waals surface area contributed by atoms with Crippen molar-refractivity contribution >= 4 is 11.3 Å². The fourth-order valence-corrected chi connectivity index (χ4v) is 3.73. The van der Waals surface area contributed by atoms with Gasteiger partial charge in [0, 0.05) is 29.1 Å². The molecule has 0 aliphatic rings. The van der Waals surface area contributed by atoms with E-state index in [1.807, 2.05) is 11.7 Å². The van der Waals surface area contributed by atoms with Gasteiger partial charge in [-0.1, -0.05) is 30.3 Å². The van der Waals surface area contributed by atoms with Crippen molar-refractivity contribution in [2.24, 2.45) is 0 Å². The van der Waals surface area contributed by atoms with Gasteiger partial charge in [-0.25, -0.2) is 0 Å². The van der Waals surface area contributed by atoms with Gasteiger partial charge in [-0.2, -0.15) is 0 Å². The van der Waals surface area contributed by atoms with Crippen LogP contribution in [-0.4, -0.2) is 28.5 Å². The summed E-state index contributed by atoms with van der Waals surface area (Å²) in [4.78, 5) is 8.21. The van der Waals surface area contributed by atoms with E-state index in [2.05, 4.69) is 67.9 Å². The van der Waals surface area contributed by atoms with E-state index in [-0.39, 0.29) is 0 Å². The molecule has 2 nitrogen and oxygen atoms in total. The number of hydrogen-bond donors (Lipinski definition) is 0. The van der Waals surface area contributed by atoms with Gasteiger partial charge in [-0.15, -0.1) is 11.3 Å². The summed E-state index contributed by atoms with van der Waals surface area (Å²) in [6, 6.07) is 12.0. The number of benzene rings is 1. The van der Waals surface area contributed by atoms with Crippen LogP contribution in [0, 0.1) is 0 Å². The Bertz CT molecular complexity index is 497. The van der Waals surface area contributed by atoms with Crippen molar-refractivity contribution in [1.29, 1.82) is 0 Å². The molecule has 114 valence electrons. The second kappa shape index (κ2) is 7.71. The van der Waals surface area contributed by atoms with Gasteiger partial charge in [0.2, 0.25) is 0 Å². The second-order valence-corrected chi connectivity index (χ2v) is 7.00. The van der Waals surface area contributed by atoms with Gasteiger partial charge >= 0.3 is 0 Å². The minimum absolute atomic E-state index is 0.457. The van der Waals surface area contributed by atoms with E-state index in [1.165, 1.54) is 10.4 Å². The smallest absolute Gasteiger partial charge is 0.0794 e. The lowest BCUT2D eigenvalue weighted by atomic mass is 9.94. The number of rotatable bonds is 7. The Hall–Kier alpha value is -1.19. The maximum atomic E-state index is 4.27. The molecular weight excluding hydrogens is 276 g/mol. The van der Waals surface area contributed by atoms with E-state index in [0.29, 0.717) is 18.0 Å². The molecule has 1 aromatic heterocycles. The molecule has 0 saturated carbocycles. The molecule has 0 spiro atoms. The van der Waals surface area contributed by atoms with Gasteiger partial charge in [-0.05, 0) is 46.2 Å². The minimum Gasteiger partial charge on any atom is -0.299 e. The zero-order valence-electron chi connectivity index (χ0n) is 13.5. The molecule has 0 fully saturated rings. The standard InChI is InChI=1S/C18H26N2S/c1-14(2)20(15(3)4)11-10-17(18-12-19-13-21-18)16-8-6-5-7-9-16/h5-9,12-15,17H,10-11H2,1-4H3. The predicted molar refractivity (Wildman–Crippen MR) is 92.0 cm³/mol. The first kappa shape index (κ1) is 16.2. The van der Waals surface area contributed by atoms with Crippen LogP contribution in [0.5, 0.6) is 0 Å². The van der Waals surface area contributed by atoms with E-state index in [1.54, 1.807) is 11.3 Å². The highest BCUT2D eigenvalue weighted by atomic mass is 32.1. The highest BCUT2D eigenvalue weighted by Crippen LogP contribution is 2.31. The van der Waals surface area contributed by atoms with Gasteiger partial charge in [0.15, 0.2) is 0 Å². The van der Waals surface area contributed by atoms with Crippen LogP contribution in [0.3, 0.4) is 0 Å². The first-order valence-electron chi connectivity index (χ1n) is 7.78. The minimum atomic E-state index is 0.457. The zero-order valence-corrected chi connectivity index (χ0v) is 14.3. The molecular formula is C18H26N2S. The monoisotopic (exact) mass is 302 g/mol. The second-order valence-electron chi connectivity index (χ2n) is 6.08. The van der Waals surface area contributed by atoms with Crippen molar-refractivity contribution in [3.8, 4) is 0 Å². The van der Waals surface area contributed by atoms with Crippen LogP contribution < -0.4 is 0 Å². The number of aromatic nitrogens is 1. The third kappa shape index (κ3) is 4.39. The maximum absolute atomic E-state index is 4.27. The van der Waals surface area contributed by atoms with Crippen LogP contribution in [0.4, 0.5) is 0 Å². The molecule has 0 bridgehead atoms. The topological polar surface area (TPSA) is 16.1 Å².